The van der Waals surface area contributed by atoms with Crippen LogP contribution in [0.4, 0.5) is 0 Å². The molecular formula is C17H22N4O. The Morgan fingerprint density at radius 2 is 2.05 bits per heavy atom. The van der Waals surface area contributed by atoms with Gasteiger partial charge in [0.2, 0.25) is 5.91 Å². The third-order valence-corrected chi connectivity index (χ3v) is 4.36. The fourth-order valence-corrected chi connectivity index (χ4v) is 2.94. The summed E-state index contributed by atoms with van der Waals surface area (Å²) in [7, 11) is 0. The molecule has 5 heteroatoms. The Labute approximate surface area is 130 Å². The van der Waals surface area contributed by atoms with Crippen molar-refractivity contribution >= 4 is 11.5 Å². The average molecular weight is 298 g/mol. The van der Waals surface area contributed by atoms with Crippen LogP contribution in [-0.4, -0.2) is 15.9 Å². The zero-order valence-electron chi connectivity index (χ0n) is 12.9. The van der Waals surface area contributed by atoms with Gasteiger partial charge < -0.3 is 11.1 Å². The Morgan fingerprint density at radius 3 is 2.91 bits per heavy atom. The lowest BCUT2D eigenvalue weighted by Crippen LogP contribution is -2.30. The summed E-state index contributed by atoms with van der Waals surface area (Å²) >= 11 is 0. The molecule has 2 heterocycles. The lowest BCUT2D eigenvalue weighted by atomic mass is 9.95. The first-order chi connectivity index (χ1) is 10.6. The van der Waals surface area contributed by atoms with Crippen molar-refractivity contribution in [1.29, 1.82) is 0 Å². The maximum absolute atomic E-state index is 12.3. The molecule has 116 valence electrons. The summed E-state index contributed by atoms with van der Waals surface area (Å²) in [5.41, 5.74) is 9.78. The van der Waals surface area contributed by atoms with E-state index in [-0.39, 0.29) is 17.9 Å². The number of nitrogens with one attached hydrogen (secondary N) is 1. The first kappa shape index (κ1) is 14.9. The summed E-state index contributed by atoms with van der Waals surface area (Å²) in [4.78, 5) is 21.0. The zero-order chi connectivity index (χ0) is 15.5. The minimum absolute atomic E-state index is 0.0186. The molecule has 2 bridgehead atoms. The lowest BCUT2D eigenvalue weighted by molar-refractivity contribution is -0.123. The van der Waals surface area contributed by atoms with Crippen molar-refractivity contribution in [2.75, 3.05) is 0 Å². The molecule has 0 spiro atoms. The van der Waals surface area contributed by atoms with E-state index in [0.29, 0.717) is 0 Å². The molecule has 5 nitrogen and oxygen atoms in total. The maximum Gasteiger partial charge on any atom is 0.227 e. The van der Waals surface area contributed by atoms with Gasteiger partial charge in [-0.25, -0.2) is 9.97 Å². The fraction of sp³-hybridized carbons (Fsp3) is 0.471. The summed E-state index contributed by atoms with van der Waals surface area (Å²) in [6.07, 6.45) is 10.2. The highest BCUT2D eigenvalue weighted by Gasteiger charge is 2.21. The van der Waals surface area contributed by atoms with Gasteiger partial charge in [0.15, 0.2) is 0 Å². The molecule has 2 atom stereocenters. The molecule has 0 radical (unpaired) electrons. The van der Waals surface area contributed by atoms with Gasteiger partial charge in [-0.1, -0.05) is 25.5 Å². The Hall–Kier alpha value is -2.01. The van der Waals surface area contributed by atoms with Gasteiger partial charge in [0.25, 0.3) is 0 Å². The van der Waals surface area contributed by atoms with Crippen LogP contribution in [0.2, 0.25) is 0 Å². The number of nitrogens with two attached hydrogens (primary N) is 1. The van der Waals surface area contributed by atoms with Gasteiger partial charge in [-0.2, -0.15) is 0 Å². The van der Waals surface area contributed by atoms with Crippen molar-refractivity contribution in [3.8, 4) is 0 Å². The van der Waals surface area contributed by atoms with Crippen LogP contribution in [0.5, 0.6) is 0 Å². The molecule has 1 aliphatic carbocycles. The minimum atomic E-state index is -0.104. The molecule has 1 aliphatic heterocycles. The van der Waals surface area contributed by atoms with Gasteiger partial charge in [0, 0.05) is 23.2 Å². The molecular weight excluding hydrogens is 276 g/mol. The SMILES string of the molecule is CC1CCCC(N)c2cc(ncn2)C2=CCCC=C2NC1=O. The highest BCUT2D eigenvalue weighted by molar-refractivity contribution is 5.87. The number of amides is 1. The van der Waals surface area contributed by atoms with Crippen LogP contribution in [0, 0.1) is 5.92 Å². The van der Waals surface area contributed by atoms with Crippen LogP contribution in [0.3, 0.4) is 0 Å². The molecule has 1 amide bonds. The number of rotatable bonds is 0. The number of allylic oxidation sites excluding steroid dienone is 3. The predicted octanol–water partition coefficient (Wildman–Crippen LogP) is 2.47. The first-order valence-corrected chi connectivity index (χ1v) is 7.94. The molecule has 0 fully saturated rings. The number of aromatic nitrogens is 2. The molecule has 1 aromatic rings. The first-order valence-electron chi connectivity index (χ1n) is 7.94. The topological polar surface area (TPSA) is 80.9 Å². The summed E-state index contributed by atoms with van der Waals surface area (Å²) in [6, 6.07) is 1.85. The van der Waals surface area contributed by atoms with Crippen LogP contribution >= 0.6 is 0 Å². The Bertz CT molecular complexity index is 635. The molecule has 3 rings (SSSR count). The van der Waals surface area contributed by atoms with Crippen LogP contribution in [-0.2, 0) is 4.79 Å². The third-order valence-electron chi connectivity index (χ3n) is 4.36. The summed E-state index contributed by atoms with van der Waals surface area (Å²) in [5, 5.41) is 3.07. The molecule has 22 heavy (non-hydrogen) atoms. The molecule has 3 N–H and O–H groups in total. The molecule has 0 aromatic carbocycles. The molecule has 0 saturated carbocycles. The second kappa shape index (κ2) is 6.40. The number of hydrogen-bond acceptors (Lipinski definition) is 4. The zero-order valence-corrected chi connectivity index (χ0v) is 12.9. The van der Waals surface area contributed by atoms with Crippen LogP contribution < -0.4 is 11.1 Å². The smallest absolute Gasteiger partial charge is 0.227 e. The van der Waals surface area contributed by atoms with Crippen LogP contribution in [0.1, 0.15) is 56.5 Å². The van der Waals surface area contributed by atoms with E-state index in [1.54, 1.807) is 6.33 Å². The van der Waals surface area contributed by atoms with E-state index in [0.717, 1.165) is 54.8 Å². The lowest BCUT2D eigenvalue weighted by Gasteiger charge is -2.21. The standard InChI is InChI=1S/C17H22N4O/c1-11-5-4-7-13(18)16-9-15(19-10-20-16)12-6-2-3-8-14(12)21-17(11)22/h6,8-11,13H,2-5,7,18H2,1H3,(H,21,22). The summed E-state index contributed by atoms with van der Waals surface area (Å²) < 4.78 is 0. The normalized spacial score (nSPS) is 25.8. The summed E-state index contributed by atoms with van der Waals surface area (Å²) in [6.45, 7) is 1.97. The maximum atomic E-state index is 12.3. The second-order valence-corrected chi connectivity index (χ2v) is 6.07. The number of carbonyl (C=O) groups excluding carboxylic acids is 1. The average Bonchev–Trinajstić information content (AvgIpc) is 2.54. The number of hydrogen-bond donors (Lipinski definition) is 2. The van der Waals surface area contributed by atoms with E-state index < -0.39 is 0 Å². The van der Waals surface area contributed by atoms with Gasteiger partial charge in [-0.05, 0) is 31.7 Å². The Kier molecular flexibility index (Phi) is 4.34. The monoisotopic (exact) mass is 298 g/mol. The van der Waals surface area contributed by atoms with E-state index >= 15 is 0 Å². The third kappa shape index (κ3) is 3.09. The highest BCUT2D eigenvalue weighted by Crippen LogP contribution is 2.28. The van der Waals surface area contributed by atoms with E-state index in [1.807, 2.05) is 13.0 Å². The van der Waals surface area contributed by atoms with Gasteiger partial charge in [0.05, 0.1) is 11.4 Å². The van der Waals surface area contributed by atoms with Crippen molar-refractivity contribution in [2.24, 2.45) is 11.7 Å². The fourth-order valence-electron chi connectivity index (χ4n) is 2.94. The highest BCUT2D eigenvalue weighted by atomic mass is 16.1. The van der Waals surface area contributed by atoms with Crippen molar-refractivity contribution in [1.82, 2.24) is 15.3 Å². The van der Waals surface area contributed by atoms with Crippen molar-refractivity contribution < 1.29 is 4.79 Å². The van der Waals surface area contributed by atoms with E-state index in [2.05, 4.69) is 27.4 Å². The minimum Gasteiger partial charge on any atom is -0.326 e. The van der Waals surface area contributed by atoms with Gasteiger partial charge in [0.1, 0.15) is 6.33 Å². The van der Waals surface area contributed by atoms with Gasteiger partial charge in [-0.15, -0.1) is 0 Å². The van der Waals surface area contributed by atoms with Crippen molar-refractivity contribution in [2.45, 2.75) is 45.1 Å². The molecule has 2 unspecified atom stereocenters. The Morgan fingerprint density at radius 1 is 1.23 bits per heavy atom. The van der Waals surface area contributed by atoms with E-state index in [1.165, 1.54) is 0 Å². The number of carbonyl (C=O) groups is 1. The van der Waals surface area contributed by atoms with Crippen molar-refractivity contribution in [3.63, 3.8) is 0 Å². The quantitative estimate of drug-likeness (QED) is 0.771. The van der Waals surface area contributed by atoms with Gasteiger partial charge >= 0.3 is 0 Å². The van der Waals surface area contributed by atoms with E-state index in [9.17, 15) is 4.79 Å². The molecule has 2 aliphatic rings. The largest absolute Gasteiger partial charge is 0.326 e. The Balaban J connectivity index is 2.01. The molecule has 0 saturated heterocycles. The number of fused-ring (bicyclic) bond motifs is 4. The van der Waals surface area contributed by atoms with Crippen molar-refractivity contribution in [3.05, 3.63) is 41.6 Å². The van der Waals surface area contributed by atoms with Crippen LogP contribution in [0.15, 0.2) is 30.2 Å². The molecule has 1 aromatic heterocycles. The second-order valence-electron chi connectivity index (χ2n) is 6.07. The predicted molar refractivity (Wildman–Crippen MR) is 85.4 cm³/mol. The van der Waals surface area contributed by atoms with Crippen LogP contribution in [0.25, 0.3) is 5.57 Å². The van der Waals surface area contributed by atoms with E-state index in [4.69, 9.17) is 5.73 Å². The summed E-state index contributed by atoms with van der Waals surface area (Å²) in [5.74, 6) is 0.0532. The number of nitrogens with zero attached hydrogens (tertiary/aromatic N) is 2. The van der Waals surface area contributed by atoms with Gasteiger partial charge in [-0.3, -0.25) is 4.79 Å².